The van der Waals surface area contributed by atoms with E-state index in [9.17, 15) is 4.79 Å². The molecule has 5 heteroatoms. The van der Waals surface area contributed by atoms with Crippen molar-refractivity contribution in [3.05, 3.63) is 76.3 Å². The van der Waals surface area contributed by atoms with Gasteiger partial charge in [0.1, 0.15) is 0 Å². The molecule has 3 aromatic rings. The van der Waals surface area contributed by atoms with Crippen LogP contribution < -0.4 is 4.74 Å². The summed E-state index contributed by atoms with van der Waals surface area (Å²) in [5.41, 5.74) is 4.51. The van der Waals surface area contributed by atoms with Gasteiger partial charge in [-0.1, -0.05) is 23.7 Å². The number of aromatic nitrogens is 2. The SMILES string of the molecule is Cc1ccc(-c2ccc(OC(=O)c3ccc(Cl)cc3)nn2)cc1C. The molecule has 0 fully saturated rings. The maximum atomic E-state index is 12.0. The largest absolute Gasteiger partial charge is 0.402 e. The third kappa shape index (κ3) is 3.60. The van der Waals surface area contributed by atoms with Crippen LogP contribution in [0.5, 0.6) is 5.88 Å². The lowest BCUT2D eigenvalue weighted by molar-refractivity contribution is 0.0726. The molecule has 1 heterocycles. The number of benzene rings is 2. The summed E-state index contributed by atoms with van der Waals surface area (Å²) >= 11 is 5.80. The van der Waals surface area contributed by atoms with Crippen molar-refractivity contribution in [1.82, 2.24) is 10.2 Å². The van der Waals surface area contributed by atoms with Crippen molar-refractivity contribution in [2.75, 3.05) is 0 Å². The maximum Gasteiger partial charge on any atom is 0.344 e. The molecule has 0 unspecified atom stereocenters. The molecular weight excluding hydrogens is 324 g/mol. The normalized spacial score (nSPS) is 10.5. The van der Waals surface area contributed by atoms with Crippen molar-refractivity contribution in [2.45, 2.75) is 13.8 Å². The molecule has 24 heavy (non-hydrogen) atoms. The van der Waals surface area contributed by atoms with Gasteiger partial charge in [0, 0.05) is 16.7 Å². The van der Waals surface area contributed by atoms with Crippen LogP contribution in [0, 0.1) is 13.8 Å². The van der Waals surface area contributed by atoms with Crippen LogP contribution in [0.25, 0.3) is 11.3 Å². The Labute approximate surface area is 145 Å². The van der Waals surface area contributed by atoms with Crippen LogP contribution in [0.15, 0.2) is 54.6 Å². The number of esters is 1. The topological polar surface area (TPSA) is 52.1 Å². The van der Waals surface area contributed by atoms with E-state index in [-0.39, 0.29) is 5.88 Å². The van der Waals surface area contributed by atoms with Gasteiger partial charge in [0.25, 0.3) is 0 Å². The fourth-order valence-electron chi connectivity index (χ4n) is 2.17. The lowest BCUT2D eigenvalue weighted by atomic mass is 10.0. The van der Waals surface area contributed by atoms with Crippen LogP contribution in [-0.2, 0) is 0 Å². The first-order valence-electron chi connectivity index (χ1n) is 7.42. The molecule has 0 aliphatic heterocycles. The van der Waals surface area contributed by atoms with Gasteiger partial charge in [0.2, 0.25) is 5.88 Å². The van der Waals surface area contributed by atoms with Gasteiger partial charge in [-0.15, -0.1) is 10.2 Å². The van der Waals surface area contributed by atoms with E-state index in [1.165, 1.54) is 11.1 Å². The minimum absolute atomic E-state index is 0.155. The van der Waals surface area contributed by atoms with Gasteiger partial charge in [0.15, 0.2) is 0 Å². The molecule has 0 radical (unpaired) electrons. The number of aryl methyl sites for hydroxylation is 2. The predicted octanol–water partition coefficient (Wildman–Crippen LogP) is 4.63. The summed E-state index contributed by atoms with van der Waals surface area (Å²) in [5, 5.41) is 8.66. The van der Waals surface area contributed by atoms with Gasteiger partial charge in [0.05, 0.1) is 11.3 Å². The number of ether oxygens (including phenoxy) is 1. The van der Waals surface area contributed by atoms with E-state index in [4.69, 9.17) is 16.3 Å². The molecule has 0 bridgehead atoms. The van der Waals surface area contributed by atoms with Gasteiger partial charge in [-0.3, -0.25) is 0 Å². The Morgan fingerprint density at radius 2 is 1.67 bits per heavy atom. The standard InChI is InChI=1S/C19H15ClN2O2/c1-12-3-4-15(11-13(12)2)17-9-10-18(22-21-17)24-19(23)14-5-7-16(20)8-6-14/h3-11H,1-2H3. The van der Waals surface area contributed by atoms with Crippen LogP contribution in [0.2, 0.25) is 5.02 Å². The molecule has 0 amide bonds. The third-order valence-electron chi connectivity index (χ3n) is 3.72. The number of hydrogen-bond acceptors (Lipinski definition) is 4. The summed E-state index contributed by atoms with van der Waals surface area (Å²) < 4.78 is 5.22. The molecular formula is C19H15ClN2O2. The van der Waals surface area contributed by atoms with Gasteiger partial charge in [-0.25, -0.2) is 4.79 Å². The summed E-state index contributed by atoms with van der Waals surface area (Å²) in [6, 6.07) is 16.0. The second-order valence-electron chi connectivity index (χ2n) is 5.45. The molecule has 1 aromatic heterocycles. The van der Waals surface area contributed by atoms with Gasteiger partial charge >= 0.3 is 5.97 Å². The highest BCUT2D eigenvalue weighted by Gasteiger charge is 2.10. The smallest absolute Gasteiger partial charge is 0.344 e. The second-order valence-corrected chi connectivity index (χ2v) is 5.89. The lowest BCUT2D eigenvalue weighted by Crippen LogP contribution is -2.09. The van der Waals surface area contributed by atoms with Crippen molar-refractivity contribution in [3.63, 3.8) is 0 Å². The number of rotatable bonds is 3. The minimum Gasteiger partial charge on any atom is -0.402 e. The van der Waals surface area contributed by atoms with Crippen LogP contribution in [0.1, 0.15) is 21.5 Å². The Kier molecular flexibility index (Phi) is 4.58. The van der Waals surface area contributed by atoms with Crippen LogP contribution in [0.4, 0.5) is 0 Å². The Morgan fingerprint density at radius 1 is 0.917 bits per heavy atom. The molecule has 0 aliphatic carbocycles. The fraction of sp³-hybridized carbons (Fsp3) is 0.105. The molecule has 4 nitrogen and oxygen atoms in total. The molecule has 0 atom stereocenters. The maximum absolute atomic E-state index is 12.0. The molecule has 0 N–H and O–H groups in total. The highest BCUT2D eigenvalue weighted by atomic mass is 35.5. The van der Waals surface area contributed by atoms with Gasteiger partial charge in [-0.05, 0) is 61.4 Å². The molecule has 0 saturated heterocycles. The minimum atomic E-state index is -0.500. The highest BCUT2D eigenvalue weighted by molar-refractivity contribution is 6.30. The highest BCUT2D eigenvalue weighted by Crippen LogP contribution is 2.21. The van der Waals surface area contributed by atoms with Crippen molar-refractivity contribution in [3.8, 4) is 17.1 Å². The van der Waals surface area contributed by atoms with Crippen LogP contribution >= 0.6 is 11.6 Å². The third-order valence-corrected chi connectivity index (χ3v) is 3.97. The summed E-state index contributed by atoms with van der Waals surface area (Å²) in [4.78, 5) is 12.0. The van der Waals surface area contributed by atoms with Crippen LogP contribution in [0.3, 0.4) is 0 Å². The predicted molar refractivity (Wildman–Crippen MR) is 93.4 cm³/mol. The van der Waals surface area contributed by atoms with E-state index >= 15 is 0 Å². The first-order chi connectivity index (χ1) is 11.5. The number of nitrogens with zero attached hydrogens (tertiary/aromatic N) is 2. The Hall–Kier alpha value is -2.72. The molecule has 3 rings (SSSR count). The molecule has 0 saturated carbocycles. The number of halogens is 1. The number of hydrogen-bond donors (Lipinski definition) is 0. The average Bonchev–Trinajstić information content (AvgIpc) is 2.58. The monoisotopic (exact) mass is 338 g/mol. The average molecular weight is 339 g/mol. The zero-order chi connectivity index (χ0) is 17.1. The summed E-state index contributed by atoms with van der Waals surface area (Å²) in [6.45, 7) is 4.11. The van der Waals surface area contributed by atoms with Crippen molar-refractivity contribution < 1.29 is 9.53 Å². The van der Waals surface area contributed by atoms with E-state index in [2.05, 4.69) is 30.1 Å². The zero-order valence-corrected chi connectivity index (χ0v) is 14.0. The van der Waals surface area contributed by atoms with Crippen LogP contribution in [-0.4, -0.2) is 16.2 Å². The summed E-state index contributed by atoms with van der Waals surface area (Å²) in [5.74, 6) is -0.345. The first kappa shape index (κ1) is 16.1. The van der Waals surface area contributed by atoms with Crippen molar-refractivity contribution in [1.29, 1.82) is 0 Å². The lowest BCUT2D eigenvalue weighted by Gasteiger charge is -2.06. The van der Waals surface area contributed by atoms with Gasteiger partial charge in [-0.2, -0.15) is 0 Å². The molecule has 120 valence electrons. The van der Waals surface area contributed by atoms with Crippen molar-refractivity contribution in [2.24, 2.45) is 0 Å². The quantitative estimate of drug-likeness (QED) is 0.653. The Bertz CT molecular complexity index is 875. The first-order valence-corrected chi connectivity index (χ1v) is 7.80. The molecule has 0 spiro atoms. The van der Waals surface area contributed by atoms with E-state index in [0.717, 1.165) is 11.3 Å². The fourth-order valence-corrected chi connectivity index (χ4v) is 2.30. The van der Waals surface area contributed by atoms with E-state index in [1.54, 1.807) is 36.4 Å². The summed E-state index contributed by atoms with van der Waals surface area (Å²) in [7, 11) is 0. The molecule has 2 aromatic carbocycles. The number of carbonyl (C=O) groups excluding carboxylic acids is 1. The second kappa shape index (κ2) is 6.81. The Balaban J connectivity index is 1.75. The van der Waals surface area contributed by atoms with E-state index in [0.29, 0.717) is 10.6 Å². The summed E-state index contributed by atoms with van der Waals surface area (Å²) in [6.07, 6.45) is 0. The van der Waals surface area contributed by atoms with E-state index in [1.807, 2.05) is 12.1 Å². The Morgan fingerprint density at radius 3 is 2.29 bits per heavy atom. The molecule has 0 aliphatic rings. The van der Waals surface area contributed by atoms with Crippen molar-refractivity contribution >= 4 is 17.6 Å². The van der Waals surface area contributed by atoms with Gasteiger partial charge < -0.3 is 4.74 Å². The zero-order valence-electron chi connectivity index (χ0n) is 13.3. The van der Waals surface area contributed by atoms with E-state index < -0.39 is 5.97 Å². The number of carbonyl (C=O) groups is 1.